The molecule has 0 unspecified atom stereocenters. The van der Waals surface area contributed by atoms with Gasteiger partial charge in [-0.3, -0.25) is 0 Å². The highest BCUT2D eigenvalue weighted by molar-refractivity contribution is 8.77. The molecule has 0 heterocycles. The standard InChI is InChI=1S/C30H33NO5S2/c1-30(2,3)38-37-19-27(28(32)35-17-20-13-15-21(34-4)16-14-20)31-29(33)36-18-26-24-11-7-5-9-22(24)23-10-6-8-12-25(23)26/h5-16,26-27H,17-19H2,1-4H3,(H,31,33)/t27-/m1/s1. The number of methoxy groups -OCH3 is 1. The molecule has 4 rings (SSSR count). The van der Waals surface area contributed by atoms with E-state index < -0.39 is 18.1 Å². The summed E-state index contributed by atoms with van der Waals surface area (Å²) in [7, 11) is 4.76. The second-order valence-electron chi connectivity index (χ2n) is 9.96. The lowest BCUT2D eigenvalue weighted by atomic mass is 9.98. The van der Waals surface area contributed by atoms with E-state index in [0.717, 1.165) is 33.6 Å². The van der Waals surface area contributed by atoms with Gasteiger partial charge >= 0.3 is 12.1 Å². The fourth-order valence-electron chi connectivity index (χ4n) is 4.21. The molecule has 3 aromatic carbocycles. The van der Waals surface area contributed by atoms with Crippen molar-refractivity contribution in [2.45, 2.75) is 44.1 Å². The number of fused-ring (bicyclic) bond motifs is 3. The number of benzene rings is 3. The number of carbonyl (C=O) groups excluding carboxylic acids is 2. The lowest BCUT2D eigenvalue weighted by Crippen LogP contribution is -2.44. The van der Waals surface area contributed by atoms with Gasteiger partial charge in [0.05, 0.1) is 7.11 Å². The summed E-state index contributed by atoms with van der Waals surface area (Å²) in [5, 5.41) is 2.74. The van der Waals surface area contributed by atoms with E-state index in [0.29, 0.717) is 5.75 Å². The van der Waals surface area contributed by atoms with Crippen LogP contribution < -0.4 is 10.1 Å². The largest absolute Gasteiger partial charge is 0.497 e. The summed E-state index contributed by atoms with van der Waals surface area (Å²) in [6, 6.07) is 22.8. The van der Waals surface area contributed by atoms with Crippen molar-refractivity contribution in [2.75, 3.05) is 19.5 Å². The van der Waals surface area contributed by atoms with Gasteiger partial charge in [-0.1, -0.05) is 103 Å². The normalized spacial score (nSPS) is 13.3. The molecule has 0 spiro atoms. The smallest absolute Gasteiger partial charge is 0.407 e. The second kappa shape index (κ2) is 12.6. The summed E-state index contributed by atoms with van der Waals surface area (Å²) in [5.41, 5.74) is 5.42. The maximum absolute atomic E-state index is 13.0. The Hall–Kier alpha value is -3.10. The molecule has 38 heavy (non-hydrogen) atoms. The van der Waals surface area contributed by atoms with Gasteiger partial charge in [-0.15, -0.1) is 0 Å². The van der Waals surface area contributed by atoms with E-state index in [1.807, 2.05) is 48.5 Å². The lowest BCUT2D eigenvalue weighted by molar-refractivity contribution is -0.146. The molecule has 8 heteroatoms. The molecule has 0 saturated heterocycles. The number of carbonyl (C=O) groups is 2. The Balaban J connectivity index is 1.38. The highest BCUT2D eigenvalue weighted by Gasteiger charge is 2.30. The third-order valence-electron chi connectivity index (χ3n) is 6.00. The van der Waals surface area contributed by atoms with E-state index in [4.69, 9.17) is 14.2 Å². The predicted molar refractivity (Wildman–Crippen MR) is 155 cm³/mol. The minimum Gasteiger partial charge on any atom is -0.497 e. The van der Waals surface area contributed by atoms with Gasteiger partial charge in [0.25, 0.3) is 0 Å². The van der Waals surface area contributed by atoms with Gasteiger partial charge in [-0.25, -0.2) is 9.59 Å². The Morgan fingerprint density at radius 3 is 2.08 bits per heavy atom. The van der Waals surface area contributed by atoms with Gasteiger partial charge in [0.1, 0.15) is 25.0 Å². The maximum atomic E-state index is 13.0. The Labute approximate surface area is 232 Å². The molecule has 1 atom stereocenters. The zero-order valence-electron chi connectivity index (χ0n) is 22.1. The monoisotopic (exact) mass is 551 g/mol. The molecule has 1 aliphatic carbocycles. The molecule has 0 fully saturated rings. The van der Waals surface area contributed by atoms with Crippen molar-refractivity contribution < 1.29 is 23.8 Å². The third kappa shape index (κ3) is 7.26. The summed E-state index contributed by atoms with van der Waals surface area (Å²) in [5.74, 6) is 0.523. The molecule has 200 valence electrons. The van der Waals surface area contributed by atoms with Crippen LogP contribution in [0.5, 0.6) is 5.75 Å². The molecule has 0 aromatic heterocycles. The Kier molecular flexibility index (Phi) is 9.28. The van der Waals surface area contributed by atoms with Crippen molar-refractivity contribution in [1.82, 2.24) is 5.32 Å². The number of hydrogen-bond acceptors (Lipinski definition) is 7. The number of amides is 1. The van der Waals surface area contributed by atoms with Crippen molar-refractivity contribution in [1.29, 1.82) is 0 Å². The number of rotatable bonds is 10. The first-order chi connectivity index (χ1) is 18.2. The quantitative estimate of drug-likeness (QED) is 0.219. The van der Waals surface area contributed by atoms with Crippen LogP contribution in [-0.4, -0.2) is 42.3 Å². The SMILES string of the molecule is COc1ccc(COC(=O)[C@@H](CSSC(C)(C)C)NC(=O)OCC2c3ccccc3-c3ccccc32)cc1. The van der Waals surface area contributed by atoms with Crippen molar-refractivity contribution in [3.05, 3.63) is 89.5 Å². The Morgan fingerprint density at radius 1 is 0.895 bits per heavy atom. The number of ether oxygens (including phenoxy) is 3. The van der Waals surface area contributed by atoms with E-state index in [1.54, 1.807) is 17.9 Å². The van der Waals surface area contributed by atoms with Crippen LogP contribution in [-0.2, 0) is 20.9 Å². The summed E-state index contributed by atoms with van der Waals surface area (Å²) >= 11 is 0. The van der Waals surface area contributed by atoms with E-state index in [-0.39, 0.29) is 23.9 Å². The van der Waals surface area contributed by atoms with Crippen LogP contribution in [0.4, 0.5) is 4.79 Å². The predicted octanol–water partition coefficient (Wildman–Crippen LogP) is 6.83. The molecule has 6 nitrogen and oxygen atoms in total. The third-order valence-corrected chi connectivity index (χ3v) is 9.35. The first-order valence-corrected chi connectivity index (χ1v) is 14.8. The minimum absolute atomic E-state index is 0.00593. The first kappa shape index (κ1) is 27.9. The van der Waals surface area contributed by atoms with Gasteiger partial charge in [0.15, 0.2) is 0 Å². The molecule has 0 aliphatic heterocycles. The number of alkyl carbamates (subject to hydrolysis) is 1. The van der Waals surface area contributed by atoms with Crippen LogP contribution in [0.1, 0.15) is 43.4 Å². The van der Waals surface area contributed by atoms with Crippen LogP contribution in [0, 0.1) is 0 Å². The first-order valence-electron chi connectivity index (χ1n) is 12.5. The van der Waals surface area contributed by atoms with Gasteiger partial charge in [-0.05, 0) is 39.9 Å². The molecule has 0 saturated carbocycles. The molecular weight excluding hydrogens is 518 g/mol. The fraction of sp³-hybridized carbons (Fsp3) is 0.333. The van der Waals surface area contributed by atoms with Gasteiger partial charge < -0.3 is 19.5 Å². The van der Waals surface area contributed by atoms with Gasteiger partial charge in [-0.2, -0.15) is 0 Å². The van der Waals surface area contributed by atoms with E-state index >= 15 is 0 Å². The minimum atomic E-state index is -0.844. The Bertz CT molecular complexity index is 1210. The topological polar surface area (TPSA) is 73.9 Å². The van der Waals surface area contributed by atoms with E-state index in [9.17, 15) is 9.59 Å². The fourth-order valence-corrected chi connectivity index (χ4v) is 6.66. The number of nitrogens with one attached hydrogen (secondary N) is 1. The van der Waals surface area contributed by atoms with E-state index in [1.165, 1.54) is 10.8 Å². The average Bonchev–Trinajstić information content (AvgIpc) is 3.23. The summed E-state index contributed by atoms with van der Waals surface area (Å²) < 4.78 is 16.4. The molecule has 0 radical (unpaired) electrons. The van der Waals surface area contributed by atoms with Crippen LogP contribution in [0.25, 0.3) is 11.1 Å². The maximum Gasteiger partial charge on any atom is 0.407 e. The van der Waals surface area contributed by atoms with Gasteiger partial charge in [0.2, 0.25) is 0 Å². The van der Waals surface area contributed by atoms with Crippen LogP contribution in [0.2, 0.25) is 0 Å². The molecule has 1 amide bonds. The van der Waals surface area contributed by atoms with Crippen molar-refractivity contribution in [3.8, 4) is 16.9 Å². The van der Waals surface area contributed by atoms with Crippen LogP contribution in [0.3, 0.4) is 0 Å². The van der Waals surface area contributed by atoms with Crippen molar-refractivity contribution >= 4 is 33.7 Å². The Morgan fingerprint density at radius 2 is 1.50 bits per heavy atom. The highest BCUT2D eigenvalue weighted by Crippen LogP contribution is 2.44. The second-order valence-corrected chi connectivity index (χ2v) is 13.1. The number of esters is 1. The highest BCUT2D eigenvalue weighted by atomic mass is 33.1. The van der Waals surface area contributed by atoms with E-state index in [2.05, 4.69) is 50.4 Å². The van der Waals surface area contributed by atoms with Crippen LogP contribution in [0.15, 0.2) is 72.8 Å². The molecule has 3 aromatic rings. The van der Waals surface area contributed by atoms with Crippen LogP contribution >= 0.6 is 21.6 Å². The lowest BCUT2D eigenvalue weighted by Gasteiger charge is -2.21. The molecule has 1 aliphatic rings. The zero-order valence-corrected chi connectivity index (χ0v) is 23.7. The van der Waals surface area contributed by atoms with Crippen molar-refractivity contribution in [3.63, 3.8) is 0 Å². The zero-order chi connectivity index (χ0) is 27.1. The molecule has 0 bridgehead atoms. The summed E-state index contributed by atoms with van der Waals surface area (Å²) in [6.07, 6.45) is -0.639. The van der Waals surface area contributed by atoms with Gasteiger partial charge in [0, 0.05) is 16.4 Å². The number of hydrogen-bond donors (Lipinski definition) is 1. The summed E-state index contributed by atoms with van der Waals surface area (Å²) in [6.45, 7) is 6.57. The van der Waals surface area contributed by atoms with Crippen molar-refractivity contribution in [2.24, 2.45) is 0 Å². The average molecular weight is 552 g/mol. The summed E-state index contributed by atoms with van der Waals surface area (Å²) in [4.78, 5) is 25.9. The molecule has 1 N–H and O–H groups in total. The molecular formula is C30H33NO5S2.